The molecule has 162 valence electrons. The first kappa shape index (κ1) is 21.6. The van der Waals surface area contributed by atoms with E-state index in [1.807, 2.05) is 36.4 Å². The Morgan fingerprint density at radius 3 is 2.50 bits per heavy atom. The van der Waals surface area contributed by atoms with E-state index >= 15 is 0 Å². The highest BCUT2D eigenvalue weighted by Gasteiger charge is 2.20. The Kier molecular flexibility index (Phi) is 6.23. The Hall–Kier alpha value is -3.64. The van der Waals surface area contributed by atoms with Crippen molar-refractivity contribution in [2.24, 2.45) is 0 Å². The molecule has 32 heavy (non-hydrogen) atoms. The van der Waals surface area contributed by atoms with Crippen LogP contribution in [0.15, 0.2) is 103 Å². The van der Waals surface area contributed by atoms with E-state index in [1.165, 1.54) is 0 Å². The van der Waals surface area contributed by atoms with Gasteiger partial charge in [0.05, 0.1) is 16.6 Å². The first-order valence-electron chi connectivity index (χ1n) is 10.4. The molecule has 0 fully saturated rings. The fraction of sp³-hybridized carbons (Fsp3) is 0.115. The maximum Gasteiger partial charge on any atom is 0.262 e. The molecule has 2 N–H and O–H groups in total. The number of nitrogens with one attached hydrogen (secondary N) is 2. The zero-order valence-electron chi connectivity index (χ0n) is 17.8. The summed E-state index contributed by atoms with van der Waals surface area (Å²) in [6.07, 6.45) is 4.11. The smallest absolute Gasteiger partial charge is 0.262 e. The van der Waals surface area contributed by atoms with Crippen LogP contribution in [0.4, 0.5) is 5.69 Å². The number of nitrogens with zero attached hydrogens (tertiary/aromatic N) is 1. The molecule has 4 rings (SSSR count). The minimum atomic E-state index is -3.83. The molecule has 5 nitrogen and oxygen atoms in total. The lowest BCUT2D eigenvalue weighted by molar-refractivity contribution is 0.602. The quantitative estimate of drug-likeness (QED) is 0.364. The largest absolute Gasteiger partial charge is 0.378 e. The monoisotopic (exact) mass is 443 g/mol. The van der Waals surface area contributed by atoms with E-state index < -0.39 is 10.0 Å². The average Bonchev–Trinajstić information content (AvgIpc) is 2.82. The summed E-state index contributed by atoms with van der Waals surface area (Å²) in [7, 11) is -3.83. The summed E-state index contributed by atoms with van der Waals surface area (Å²) in [5, 5.41) is 4.85. The number of pyridine rings is 1. The molecule has 0 saturated heterocycles. The molecule has 0 aliphatic carbocycles. The van der Waals surface area contributed by atoms with Gasteiger partial charge in [-0.1, -0.05) is 74.2 Å². The fourth-order valence-corrected chi connectivity index (χ4v) is 5.07. The van der Waals surface area contributed by atoms with Crippen molar-refractivity contribution in [1.29, 1.82) is 0 Å². The molecule has 0 radical (unpaired) electrons. The first-order valence-corrected chi connectivity index (χ1v) is 11.9. The van der Waals surface area contributed by atoms with Crippen molar-refractivity contribution in [1.82, 2.24) is 10.3 Å². The minimum Gasteiger partial charge on any atom is -0.378 e. The molecule has 6 heteroatoms. The summed E-state index contributed by atoms with van der Waals surface area (Å²) in [5.41, 5.74) is 2.98. The fourth-order valence-electron chi connectivity index (χ4n) is 3.76. The molecule has 1 atom stereocenters. The van der Waals surface area contributed by atoms with Crippen LogP contribution in [0.1, 0.15) is 30.5 Å². The molecule has 0 saturated carbocycles. The van der Waals surface area contributed by atoms with Crippen LogP contribution < -0.4 is 10.0 Å². The van der Waals surface area contributed by atoms with Crippen LogP contribution in [0.3, 0.4) is 0 Å². The minimum absolute atomic E-state index is 0.0685. The highest BCUT2D eigenvalue weighted by Crippen LogP contribution is 2.29. The van der Waals surface area contributed by atoms with Crippen LogP contribution in [0.25, 0.3) is 16.5 Å². The molecule has 0 unspecified atom stereocenters. The average molecular weight is 444 g/mol. The van der Waals surface area contributed by atoms with Crippen molar-refractivity contribution in [2.45, 2.75) is 24.3 Å². The number of hydrogen-bond donors (Lipinski definition) is 2. The van der Waals surface area contributed by atoms with Gasteiger partial charge < -0.3 is 5.32 Å². The maximum atomic E-state index is 13.3. The third-order valence-corrected chi connectivity index (χ3v) is 6.81. The number of rotatable bonds is 8. The van der Waals surface area contributed by atoms with E-state index in [4.69, 9.17) is 0 Å². The second-order valence-electron chi connectivity index (χ2n) is 7.50. The Bertz CT molecular complexity index is 1350. The topological polar surface area (TPSA) is 71.1 Å². The Morgan fingerprint density at radius 1 is 0.969 bits per heavy atom. The summed E-state index contributed by atoms with van der Waals surface area (Å²) >= 11 is 0. The number of para-hydroxylation sites is 1. The Balaban J connectivity index is 1.64. The van der Waals surface area contributed by atoms with Crippen molar-refractivity contribution in [3.63, 3.8) is 0 Å². The van der Waals surface area contributed by atoms with Crippen molar-refractivity contribution in [3.05, 3.63) is 109 Å². The molecule has 4 aromatic rings. The number of hydrogen-bond acceptors (Lipinski definition) is 4. The zero-order chi connectivity index (χ0) is 22.6. The van der Waals surface area contributed by atoms with Gasteiger partial charge in [0, 0.05) is 34.4 Å². The number of anilines is 1. The summed E-state index contributed by atoms with van der Waals surface area (Å²) in [6.45, 7) is 6.30. The van der Waals surface area contributed by atoms with Crippen LogP contribution >= 0.6 is 0 Å². The van der Waals surface area contributed by atoms with Gasteiger partial charge >= 0.3 is 0 Å². The maximum absolute atomic E-state index is 13.3. The van der Waals surface area contributed by atoms with Gasteiger partial charge in [0.25, 0.3) is 10.0 Å². The van der Waals surface area contributed by atoms with Gasteiger partial charge in [-0.25, -0.2) is 8.42 Å². The van der Waals surface area contributed by atoms with Crippen LogP contribution in [0.5, 0.6) is 0 Å². The molecular weight excluding hydrogens is 418 g/mol. The van der Waals surface area contributed by atoms with E-state index in [-0.39, 0.29) is 10.9 Å². The normalized spacial score (nSPS) is 12.3. The lowest BCUT2D eigenvalue weighted by Crippen LogP contribution is -2.20. The van der Waals surface area contributed by atoms with E-state index in [9.17, 15) is 8.42 Å². The van der Waals surface area contributed by atoms with Gasteiger partial charge in [0.15, 0.2) is 0 Å². The van der Waals surface area contributed by atoms with E-state index in [0.29, 0.717) is 22.3 Å². The standard InChI is InChI=1S/C26H25N3O2S/c1-3-24(20-10-5-4-6-11-20)28-19(2)22-13-7-8-14-25(22)29-32(30,31)26-15-9-12-21-18-27-17-16-23(21)26/h4-18,24,28-29H,2-3H2,1H3/t24-/m0/s1. The van der Waals surface area contributed by atoms with Crippen molar-refractivity contribution < 1.29 is 8.42 Å². The highest BCUT2D eigenvalue weighted by atomic mass is 32.2. The summed E-state index contributed by atoms with van der Waals surface area (Å²) in [5.74, 6) is 0. The number of aromatic nitrogens is 1. The molecule has 1 aromatic heterocycles. The van der Waals surface area contributed by atoms with E-state index in [1.54, 1.807) is 42.7 Å². The first-order chi connectivity index (χ1) is 15.5. The molecule has 0 aliphatic heterocycles. The van der Waals surface area contributed by atoms with Crippen molar-refractivity contribution in [2.75, 3.05) is 4.72 Å². The van der Waals surface area contributed by atoms with Gasteiger partial charge in [0.2, 0.25) is 0 Å². The van der Waals surface area contributed by atoms with Gasteiger partial charge in [-0.15, -0.1) is 0 Å². The van der Waals surface area contributed by atoms with Crippen LogP contribution in [0, 0.1) is 0 Å². The zero-order valence-corrected chi connectivity index (χ0v) is 18.6. The van der Waals surface area contributed by atoms with Crippen LogP contribution in [-0.2, 0) is 10.0 Å². The second-order valence-corrected chi connectivity index (χ2v) is 9.15. The number of benzene rings is 3. The van der Waals surface area contributed by atoms with Gasteiger partial charge in [0.1, 0.15) is 0 Å². The van der Waals surface area contributed by atoms with Crippen LogP contribution in [0.2, 0.25) is 0 Å². The molecule has 0 spiro atoms. The van der Waals surface area contributed by atoms with E-state index in [0.717, 1.165) is 17.4 Å². The summed E-state index contributed by atoms with van der Waals surface area (Å²) < 4.78 is 29.4. The van der Waals surface area contributed by atoms with Crippen molar-refractivity contribution in [3.8, 4) is 0 Å². The third-order valence-electron chi connectivity index (χ3n) is 5.39. The lowest BCUT2D eigenvalue weighted by atomic mass is 10.0. The van der Waals surface area contributed by atoms with Gasteiger partial charge in [-0.3, -0.25) is 9.71 Å². The molecular formula is C26H25N3O2S. The molecule has 1 heterocycles. The Labute approximate surface area is 188 Å². The molecule has 3 aromatic carbocycles. The molecule has 0 amide bonds. The van der Waals surface area contributed by atoms with E-state index in [2.05, 4.69) is 40.7 Å². The van der Waals surface area contributed by atoms with Gasteiger partial charge in [-0.2, -0.15) is 0 Å². The predicted molar refractivity (Wildman–Crippen MR) is 131 cm³/mol. The number of sulfonamides is 1. The summed E-state index contributed by atoms with van der Waals surface area (Å²) in [4.78, 5) is 4.29. The SMILES string of the molecule is C=C(N[C@@H](CC)c1ccccc1)c1ccccc1NS(=O)(=O)c1cccc2cnccc12. The molecule has 0 bridgehead atoms. The highest BCUT2D eigenvalue weighted by molar-refractivity contribution is 7.93. The second kappa shape index (κ2) is 9.24. The van der Waals surface area contributed by atoms with Crippen molar-refractivity contribution >= 4 is 32.2 Å². The lowest BCUT2D eigenvalue weighted by Gasteiger charge is -2.22. The third kappa shape index (κ3) is 4.50. The number of fused-ring (bicyclic) bond motifs is 1. The molecule has 0 aliphatic rings. The van der Waals surface area contributed by atoms with Crippen LogP contribution in [-0.4, -0.2) is 13.4 Å². The summed E-state index contributed by atoms with van der Waals surface area (Å²) in [6, 6.07) is 24.3. The Morgan fingerprint density at radius 2 is 1.72 bits per heavy atom. The van der Waals surface area contributed by atoms with Gasteiger partial charge in [-0.05, 0) is 30.2 Å². The predicted octanol–water partition coefficient (Wildman–Crippen LogP) is 5.75.